The van der Waals surface area contributed by atoms with Gasteiger partial charge in [-0.25, -0.2) is 9.97 Å². The Morgan fingerprint density at radius 1 is 1.40 bits per heavy atom. The van der Waals surface area contributed by atoms with Crippen molar-refractivity contribution in [2.24, 2.45) is 5.73 Å². The number of hydrogen-bond donors (Lipinski definition) is 1. The Morgan fingerprint density at radius 2 is 2.20 bits per heavy atom. The van der Waals surface area contributed by atoms with Gasteiger partial charge >= 0.3 is 0 Å². The Labute approximate surface area is 89.3 Å². The summed E-state index contributed by atoms with van der Waals surface area (Å²) in [6, 6.07) is 1.94. The van der Waals surface area contributed by atoms with Gasteiger partial charge in [-0.15, -0.1) is 0 Å². The molecule has 82 valence electrons. The minimum Gasteiger partial charge on any atom is -0.378 e. The molecule has 0 radical (unpaired) electrons. The maximum Gasteiger partial charge on any atom is 0.132 e. The van der Waals surface area contributed by atoms with Crippen LogP contribution in [0.1, 0.15) is 5.82 Å². The zero-order valence-corrected chi connectivity index (χ0v) is 8.72. The van der Waals surface area contributed by atoms with E-state index in [-0.39, 0.29) is 0 Å². The average molecular weight is 208 g/mol. The van der Waals surface area contributed by atoms with E-state index in [1.165, 1.54) is 0 Å². The maximum atomic E-state index is 5.48. The van der Waals surface area contributed by atoms with Gasteiger partial charge in [-0.2, -0.15) is 0 Å². The smallest absolute Gasteiger partial charge is 0.132 e. The zero-order valence-electron chi connectivity index (χ0n) is 8.72. The number of nitrogens with two attached hydrogens (primary N) is 1. The van der Waals surface area contributed by atoms with E-state index in [0.717, 1.165) is 44.4 Å². The third-order valence-corrected chi connectivity index (χ3v) is 2.39. The van der Waals surface area contributed by atoms with Crippen LogP contribution in [0.25, 0.3) is 0 Å². The first kappa shape index (κ1) is 10.3. The van der Waals surface area contributed by atoms with Crippen molar-refractivity contribution >= 4 is 5.82 Å². The SMILES string of the molecule is NCCc1nccc(N2CCOCC2)n1. The predicted octanol–water partition coefficient (Wildman–Crippen LogP) is -0.186. The minimum absolute atomic E-state index is 0.590. The van der Waals surface area contributed by atoms with Crippen molar-refractivity contribution in [1.29, 1.82) is 0 Å². The minimum atomic E-state index is 0.590. The average Bonchev–Trinajstić information content (AvgIpc) is 2.31. The molecule has 0 unspecified atom stereocenters. The van der Waals surface area contributed by atoms with E-state index in [1.54, 1.807) is 6.20 Å². The van der Waals surface area contributed by atoms with Gasteiger partial charge in [0.15, 0.2) is 0 Å². The molecule has 1 aromatic rings. The van der Waals surface area contributed by atoms with Crippen LogP contribution in [0.5, 0.6) is 0 Å². The Kier molecular flexibility index (Phi) is 3.47. The van der Waals surface area contributed by atoms with E-state index < -0.39 is 0 Å². The number of anilines is 1. The topological polar surface area (TPSA) is 64.3 Å². The molecule has 2 rings (SSSR count). The van der Waals surface area contributed by atoms with Gasteiger partial charge in [-0.05, 0) is 12.6 Å². The van der Waals surface area contributed by atoms with E-state index >= 15 is 0 Å². The standard InChI is InChI=1S/C10H16N4O/c11-3-1-9-12-4-2-10(13-9)14-5-7-15-8-6-14/h2,4H,1,3,5-8,11H2. The molecular formula is C10H16N4O. The molecule has 0 spiro atoms. The van der Waals surface area contributed by atoms with Crippen LogP contribution in [0.15, 0.2) is 12.3 Å². The molecule has 5 heteroatoms. The molecule has 2 heterocycles. The highest BCUT2D eigenvalue weighted by Gasteiger charge is 2.12. The van der Waals surface area contributed by atoms with Gasteiger partial charge in [0.25, 0.3) is 0 Å². The molecule has 1 aliphatic rings. The Hall–Kier alpha value is -1.20. The van der Waals surface area contributed by atoms with Crippen molar-refractivity contribution in [3.63, 3.8) is 0 Å². The molecule has 0 aromatic carbocycles. The van der Waals surface area contributed by atoms with Gasteiger partial charge in [0.1, 0.15) is 11.6 Å². The van der Waals surface area contributed by atoms with Crippen LogP contribution >= 0.6 is 0 Å². The number of aromatic nitrogens is 2. The lowest BCUT2D eigenvalue weighted by Gasteiger charge is -2.27. The van der Waals surface area contributed by atoms with E-state index in [4.69, 9.17) is 10.5 Å². The van der Waals surface area contributed by atoms with Crippen LogP contribution in [0.4, 0.5) is 5.82 Å². The van der Waals surface area contributed by atoms with E-state index in [9.17, 15) is 0 Å². The van der Waals surface area contributed by atoms with Crippen LogP contribution < -0.4 is 10.6 Å². The van der Waals surface area contributed by atoms with Crippen LogP contribution in [0.2, 0.25) is 0 Å². The molecule has 1 fully saturated rings. The van der Waals surface area contributed by atoms with Crippen molar-refractivity contribution in [3.8, 4) is 0 Å². The summed E-state index contributed by atoms with van der Waals surface area (Å²) in [6.45, 7) is 3.94. The number of hydrogen-bond acceptors (Lipinski definition) is 5. The van der Waals surface area contributed by atoms with Crippen molar-refractivity contribution < 1.29 is 4.74 Å². The summed E-state index contributed by atoms with van der Waals surface area (Å²) in [6.07, 6.45) is 2.53. The second-order valence-corrected chi connectivity index (χ2v) is 3.47. The summed E-state index contributed by atoms with van der Waals surface area (Å²) < 4.78 is 5.29. The van der Waals surface area contributed by atoms with Crippen molar-refractivity contribution in [2.45, 2.75) is 6.42 Å². The summed E-state index contributed by atoms with van der Waals surface area (Å²) in [5, 5.41) is 0. The largest absolute Gasteiger partial charge is 0.378 e. The van der Waals surface area contributed by atoms with Gasteiger partial charge in [0, 0.05) is 25.7 Å². The predicted molar refractivity (Wildman–Crippen MR) is 57.8 cm³/mol. The lowest BCUT2D eigenvalue weighted by atomic mass is 10.3. The molecular weight excluding hydrogens is 192 g/mol. The maximum absolute atomic E-state index is 5.48. The Balaban J connectivity index is 2.09. The second kappa shape index (κ2) is 5.04. The highest BCUT2D eigenvalue weighted by atomic mass is 16.5. The van der Waals surface area contributed by atoms with Crippen LogP contribution in [-0.2, 0) is 11.2 Å². The van der Waals surface area contributed by atoms with E-state index in [2.05, 4.69) is 14.9 Å². The molecule has 0 saturated carbocycles. The molecule has 0 atom stereocenters. The van der Waals surface area contributed by atoms with Crippen LogP contribution in [-0.4, -0.2) is 42.8 Å². The first-order valence-electron chi connectivity index (χ1n) is 5.25. The molecule has 0 bridgehead atoms. The monoisotopic (exact) mass is 208 g/mol. The fourth-order valence-corrected chi connectivity index (χ4v) is 1.61. The van der Waals surface area contributed by atoms with Gasteiger partial charge in [-0.1, -0.05) is 0 Å². The normalized spacial score (nSPS) is 16.7. The number of ether oxygens (including phenoxy) is 1. The fourth-order valence-electron chi connectivity index (χ4n) is 1.61. The van der Waals surface area contributed by atoms with Crippen molar-refractivity contribution in [1.82, 2.24) is 9.97 Å². The lowest BCUT2D eigenvalue weighted by molar-refractivity contribution is 0.122. The Bertz CT molecular complexity index is 312. The van der Waals surface area contributed by atoms with Gasteiger partial charge in [-0.3, -0.25) is 0 Å². The molecule has 0 amide bonds. The van der Waals surface area contributed by atoms with Gasteiger partial charge in [0.2, 0.25) is 0 Å². The lowest BCUT2D eigenvalue weighted by Crippen LogP contribution is -2.36. The summed E-state index contributed by atoms with van der Waals surface area (Å²) in [7, 11) is 0. The number of nitrogens with zero attached hydrogens (tertiary/aromatic N) is 3. The van der Waals surface area contributed by atoms with Crippen molar-refractivity contribution in [2.75, 3.05) is 37.7 Å². The van der Waals surface area contributed by atoms with Crippen LogP contribution in [0, 0.1) is 0 Å². The van der Waals surface area contributed by atoms with E-state index in [1.807, 2.05) is 6.07 Å². The first-order chi connectivity index (χ1) is 7.40. The second-order valence-electron chi connectivity index (χ2n) is 3.47. The van der Waals surface area contributed by atoms with Crippen molar-refractivity contribution in [3.05, 3.63) is 18.1 Å². The molecule has 5 nitrogen and oxygen atoms in total. The molecule has 0 aliphatic carbocycles. The fraction of sp³-hybridized carbons (Fsp3) is 0.600. The van der Waals surface area contributed by atoms with Gasteiger partial charge < -0.3 is 15.4 Å². The molecule has 2 N–H and O–H groups in total. The third kappa shape index (κ3) is 2.64. The Morgan fingerprint density at radius 3 is 2.93 bits per heavy atom. The summed E-state index contributed by atoms with van der Waals surface area (Å²) in [5.74, 6) is 1.80. The molecule has 1 aliphatic heterocycles. The van der Waals surface area contributed by atoms with Crippen LogP contribution in [0.3, 0.4) is 0 Å². The van der Waals surface area contributed by atoms with Gasteiger partial charge in [0.05, 0.1) is 13.2 Å². The summed E-state index contributed by atoms with van der Waals surface area (Å²) in [4.78, 5) is 10.9. The number of morpholine rings is 1. The third-order valence-electron chi connectivity index (χ3n) is 2.39. The summed E-state index contributed by atoms with van der Waals surface area (Å²) in [5.41, 5.74) is 5.48. The molecule has 1 aromatic heterocycles. The highest BCUT2D eigenvalue weighted by molar-refractivity contribution is 5.37. The zero-order chi connectivity index (χ0) is 10.5. The quantitative estimate of drug-likeness (QED) is 0.746. The molecule has 1 saturated heterocycles. The highest BCUT2D eigenvalue weighted by Crippen LogP contribution is 2.11. The first-order valence-corrected chi connectivity index (χ1v) is 5.25. The summed E-state index contributed by atoms with van der Waals surface area (Å²) >= 11 is 0. The number of rotatable bonds is 3. The molecule has 15 heavy (non-hydrogen) atoms. The van der Waals surface area contributed by atoms with E-state index in [0.29, 0.717) is 6.54 Å².